The van der Waals surface area contributed by atoms with E-state index in [0.717, 1.165) is 17.5 Å². The Morgan fingerprint density at radius 1 is 1.22 bits per heavy atom. The molecule has 0 saturated heterocycles. The molecular weight excluding hydrogens is 312 g/mol. The molecule has 5 heteroatoms. The van der Waals surface area contributed by atoms with E-state index in [-0.39, 0.29) is 11.8 Å². The Morgan fingerprint density at radius 2 is 1.87 bits per heavy atom. The molecular formula is C18H25ClN2O2. The summed E-state index contributed by atoms with van der Waals surface area (Å²) in [5.41, 5.74) is 1.62. The number of nitrogens with one attached hydrogen (secondary N) is 2. The van der Waals surface area contributed by atoms with Gasteiger partial charge in [0.25, 0.3) is 0 Å². The Bertz CT molecular complexity index is 598. The summed E-state index contributed by atoms with van der Waals surface area (Å²) in [6.45, 7) is 8.67. The van der Waals surface area contributed by atoms with Crippen molar-refractivity contribution in [2.45, 2.75) is 47.0 Å². The molecule has 0 bridgehead atoms. The molecule has 2 amide bonds. The smallest absolute Gasteiger partial charge is 0.240 e. The van der Waals surface area contributed by atoms with Gasteiger partial charge in [-0.05, 0) is 56.2 Å². The van der Waals surface area contributed by atoms with Crippen molar-refractivity contribution in [2.75, 3.05) is 11.9 Å². The minimum absolute atomic E-state index is 0.170. The number of aryl methyl sites for hydroxylation is 2. The summed E-state index contributed by atoms with van der Waals surface area (Å²) >= 11 is 6.23. The van der Waals surface area contributed by atoms with Gasteiger partial charge in [-0.2, -0.15) is 0 Å². The molecule has 0 unspecified atom stereocenters. The van der Waals surface area contributed by atoms with E-state index >= 15 is 0 Å². The van der Waals surface area contributed by atoms with Crippen LogP contribution in [0.3, 0.4) is 0 Å². The molecule has 2 rings (SSSR count). The van der Waals surface area contributed by atoms with Gasteiger partial charge in [0.1, 0.15) is 5.41 Å². The van der Waals surface area contributed by atoms with Crippen LogP contribution in [0.15, 0.2) is 12.1 Å². The summed E-state index contributed by atoms with van der Waals surface area (Å²) in [6.07, 6.45) is 2.09. The molecule has 0 spiro atoms. The van der Waals surface area contributed by atoms with E-state index in [4.69, 9.17) is 11.6 Å². The second-order valence-corrected chi connectivity index (χ2v) is 7.32. The summed E-state index contributed by atoms with van der Waals surface area (Å²) in [6, 6.07) is 3.77. The van der Waals surface area contributed by atoms with E-state index < -0.39 is 5.41 Å². The van der Waals surface area contributed by atoms with Crippen LogP contribution in [0.25, 0.3) is 0 Å². The maximum atomic E-state index is 12.6. The number of halogens is 1. The molecule has 1 aromatic rings. The fraction of sp³-hybridized carbons (Fsp3) is 0.556. The third-order valence-corrected chi connectivity index (χ3v) is 4.59. The Morgan fingerprint density at radius 3 is 2.39 bits per heavy atom. The molecule has 0 heterocycles. The molecule has 23 heavy (non-hydrogen) atoms. The summed E-state index contributed by atoms with van der Waals surface area (Å²) < 4.78 is 0. The van der Waals surface area contributed by atoms with Crippen molar-refractivity contribution in [1.82, 2.24) is 5.32 Å². The molecule has 126 valence electrons. The molecule has 1 fully saturated rings. The average molecular weight is 337 g/mol. The van der Waals surface area contributed by atoms with Crippen LogP contribution in [-0.4, -0.2) is 18.4 Å². The zero-order chi connectivity index (χ0) is 17.2. The molecule has 1 aromatic carbocycles. The van der Waals surface area contributed by atoms with Crippen LogP contribution in [0.5, 0.6) is 0 Å². The topological polar surface area (TPSA) is 58.2 Å². The van der Waals surface area contributed by atoms with Gasteiger partial charge in [-0.25, -0.2) is 0 Å². The molecule has 0 aromatic heterocycles. The highest BCUT2D eigenvalue weighted by Gasteiger charge is 2.56. The first-order chi connectivity index (χ1) is 10.8. The van der Waals surface area contributed by atoms with Gasteiger partial charge in [0, 0.05) is 6.54 Å². The van der Waals surface area contributed by atoms with Crippen LogP contribution >= 0.6 is 11.6 Å². The van der Waals surface area contributed by atoms with E-state index in [9.17, 15) is 9.59 Å². The van der Waals surface area contributed by atoms with Crippen LogP contribution in [0, 0.1) is 25.2 Å². The Balaban J connectivity index is 2.04. The van der Waals surface area contributed by atoms with Crippen molar-refractivity contribution in [3.05, 3.63) is 28.3 Å². The number of anilines is 1. The quantitative estimate of drug-likeness (QED) is 0.775. The van der Waals surface area contributed by atoms with Gasteiger partial charge >= 0.3 is 0 Å². The molecule has 0 radical (unpaired) electrons. The minimum atomic E-state index is -0.919. The number of amides is 2. The minimum Gasteiger partial charge on any atom is -0.355 e. The van der Waals surface area contributed by atoms with Gasteiger partial charge in [-0.3, -0.25) is 9.59 Å². The van der Waals surface area contributed by atoms with Gasteiger partial charge in [0.2, 0.25) is 11.8 Å². The van der Waals surface area contributed by atoms with Crippen LogP contribution in [-0.2, 0) is 9.59 Å². The maximum absolute atomic E-state index is 12.6. The first-order valence-electron chi connectivity index (χ1n) is 8.13. The average Bonchev–Trinajstić information content (AvgIpc) is 3.23. The highest BCUT2D eigenvalue weighted by molar-refractivity contribution is 6.34. The lowest BCUT2D eigenvalue weighted by molar-refractivity contribution is -0.134. The molecule has 0 aliphatic heterocycles. The van der Waals surface area contributed by atoms with E-state index in [2.05, 4.69) is 24.5 Å². The van der Waals surface area contributed by atoms with Crippen LogP contribution in [0.4, 0.5) is 5.69 Å². The molecule has 1 aliphatic rings. The first-order valence-corrected chi connectivity index (χ1v) is 8.50. The molecule has 1 aliphatic carbocycles. The monoisotopic (exact) mass is 336 g/mol. The summed E-state index contributed by atoms with van der Waals surface area (Å²) in [7, 11) is 0. The second kappa shape index (κ2) is 6.91. The number of rotatable bonds is 6. The number of carbonyl (C=O) groups excluding carboxylic acids is 2. The standard InChI is InChI=1S/C18H25ClN2O2/c1-11(2)5-8-20-16(22)18(6-7-18)17(23)21-15-13(4)9-12(3)10-14(15)19/h9-11H,5-8H2,1-4H3,(H,20,22)(H,21,23). The lowest BCUT2D eigenvalue weighted by Gasteiger charge is -2.18. The first kappa shape index (κ1) is 17.8. The summed E-state index contributed by atoms with van der Waals surface area (Å²) in [5, 5.41) is 6.25. The van der Waals surface area contributed by atoms with Crippen molar-refractivity contribution in [3.8, 4) is 0 Å². The number of hydrogen-bond acceptors (Lipinski definition) is 2. The number of benzene rings is 1. The number of hydrogen-bond donors (Lipinski definition) is 2. The van der Waals surface area contributed by atoms with Crippen molar-refractivity contribution in [3.63, 3.8) is 0 Å². The van der Waals surface area contributed by atoms with Crippen molar-refractivity contribution in [1.29, 1.82) is 0 Å². The Hall–Kier alpha value is -1.55. The fourth-order valence-corrected chi connectivity index (χ4v) is 3.00. The Labute approximate surface area is 143 Å². The molecule has 4 nitrogen and oxygen atoms in total. The van der Waals surface area contributed by atoms with Gasteiger partial charge < -0.3 is 10.6 Å². The van der Waals surface area contributed by atoms with Crippen molar-refractivity contribution >= 4 is 29.1 Å². The van der Waals surface area contributed by atoms with E-state index in [1.54, 1.807) is 0 Å². The van der Waals surface area contributed by atoms with Crippen LogP contribution < -0.4 is 10.6 Å². The SMILES string of the molecule is Cc1cc(C)c(NC(=O)C2(C(=O)NCCC(C)C)CC2)c(Cl)c1. The molecule has 0 atom stereocenters. The van der Waals surface area contributed by atoms with Crippen LogP contribution in [0.2, 0.25) is 5.02 Å². The normalized spacial score (nSPS) is 15.4. The van der Waals surface area contributed by atoms with Crippen molar-refractivity contribution < 1.29 is 9.59 Å². The maximum Gasteiger partial charge on any atom is 0.240 e. The summed E-state index contributed by atoms with van der Waals surface area (Å²) in [5.74, 6) is 0.0956. The van der Waals surface area contributed by atoms with Gasteiger partial charge in [-0.1, -0.05) is 31.5 Å². The lowest BCUT2D eigenvalue weighted by atomic mass is 10.0. The second-order valence-electron chi connectivity index (χ2n) is 6.91. The Kier molecular flexibility index (Phi) is 5.35. The zero-order valence-electron chi connectivity index (χ0n) is 14.3. The van der Waals surface area contributed by atoms with Gasteiger partial charge in [-0.15, -0.1) is 0 Å². The summed E-state index contributed by atoms with van der Waals surface area (Å²) in [4.78, 5) is 25.0. The fourth-order valence-electron chi connectivity index (χ4n) is 2.63. The van der Waals surface area contributed by atoms with E-state index in [0.29, 0.717) is 36.0 Å². The zero-order valence-corrected chi connectivity index (χ0v) is 15.0. The van der Waals surface area contributed by atoms with E-state index in [1.807, 2.05) is 26.0 Å². The molecule has 2 N–H and O–H groups in total. The van der Waals surface area contributed by atoms with E-state index in [1.165, 1.54) is 0 Å². The lowest BCUT2D eigenvalue weighted by Crippen LogP contribution is -2.40. The third-order valence-electron chi connectivity index (χ3n) is 4.30. The highest BCUT2D eigenvalue weighted by Crippen LogP contribution is 2.47. The number of carbonyl (C=O) groups is 2. The van der Waals surface area contributed by atoms with Gasteiger partial charge in [0.05, 0.1) is 10.7 Å². The largest absolute Gasteiger partial charge is 0.355 e. The van der Waals surface area contributed by atoms with Crippen LogP contribution in [0.1, 0.15) is 44.2 Å². The molecule has 1 saturated carbocycles. The predicted octanol–water partition coefficient (Wildman–Crippen LogP) is 3.84. The third kappa shape index (κ3) is 4.05. The highest BCUT2D eigenvalue weighted by atomic mass is 35.5. The van der Waals surface area contributed by atoms with Crippen molar-refractivity contribution in [2.24, 2.45) is 11.3 Å². The predicted molar refractivity (Wildman–Crippen MR) is 93.7 cm³/mol. The van der Waals surface area contributed by atoms with Gasteiger partial charge in [0.15, 0.2) is 0 Å².